The van der Waals surface area contributed by atoms with E-state index in [0.717, 1.165) is 43.9 Å². The Morgan fingerprint density at radius 3 is 2.48 bits per heavy atom. The van der Waals surface area contributed by atoms with Crippen LogP contribution >= 0.6 is 0 Å². The Labute approximate surface area is 134 Å². The number of nitrogens with one attached hydrogen (secondary N) is 1. The average Bonchev–Trinajstić information content (AvgIpc) is 2.51. The number of hydrogen-bond donors (Lipinski definition) is 2. The number of benzene rings is 1. The van der Waals surface area contributed by atoms with E-state index in [1.807, 2.05) is 6.08 Å². The van der Waals surface area contributed by atoms with Crippen LogP contribution in [-0.2, 0) is 4.79 Å². The van der Waals surface area contributed by atoms with E-state index in [4.69, 9.17) is 5.11 Å². The molecule has 2 N–H and O–H groups in total. The first-order valence-electron chi connectivity index (χ1n) is 7.55. The van der Waals surface area contributed by atoms with Gasteiger partial charge in [0.05, 0.1) is 0 Å². The second-order valence-electron chi connectivity index (χ2n) is 5.27. The highest BCUT2D eigenvalue weighted by molar-refractivity contribution is 5.96. The number of rotatable bonds is 10. The SMILES string of the molecule is C=CCCCCCC[C@@H](NC(=O)c1ccc(F)c(F)c1)C(=O)O. The summed E-state index contributed by atoms with van der Waals surface area (Å²) in [5.41, 5.74) is -0.110. The molecule has 1 aromatic rings. The van der Waals surface area contributed by atoms with Crippen LogP contribution in [0.2, 0.25) is 0 Å². The van der Waals surface area contributed by atoms with Gasteiger partial charge in [0.1, 0.15) is 6.04 Å². The Balaban J connectivity index is 2.51. The lowest BCUT2D eigenvalue weighted by atomic mass is 10.1. The fraction of sp³-hybridized carbons (Fsp3) is 0.412. The molecule has 0 bridgehead atoms. The number of carboxylic acids is 1. The summed E-state index contributed by atoms with van der Waals surface area (Å²) in [6.45, 7) is 3.63. The summed E-state index contributed by atoms with van der Waals surface area (Å²) >= 11 is 0. The van der Waals surface area contributed by atoms with E-state index in [1.165, 1.54) is 0 Å². The maximum atomic E-state index is 13.1. The quantitative estimate of drug-likeness (QED) is 0.509. The zero-order chi connectivity index (χ0) is 17.2. The van der Waals surface area contributed by atoms with Crippen molar-refractivity contribution >= 4 is 11.9 Å². The van der Waals surface area contributed by atoms with Gasteiger partial charge in [-0.25, -0.2) is 13.6 Å². The molecule has 23 heavy (non-hydrogen) atoms. The fourth-order valence-corrected chi connectivity index (χ4v) is 2.13. The number of carbonyl (C=O) groups is 2. The van der Waals surface area contributed by atoms with Crippen molar-refractivity contribution in [1.82, 2.24) is 5.32 Å². The summed E-state index contributed by atoms with van der Waals surface area (Å²) in [5, 5.41) is 11.5. The molecule has 0 aliphatic heterocycles. The number of aliphatic carboxylic acids is 1. The summed E-state index contributed by atoms with van der Waals surface area (Å²) in [7, 11) is 0. The lowest BCUT2D eigenvalue weighted by Crippen LogP contribution is -2.40. The molecule has 1 atom stereocenters. The molecule has 0 radical (unpaired) electrons. The topological polar surface area (TPSA) is 66.4 Å². The van der Waals surface area contributed by atoms with Gasteiger partial charge < -0.3 is 10.4 Å². The minimum atomic E-state index is -1.15. The van der Waals surface area contributed by atoms with E-state index in [1.54, 1.807) is 0 Å². The molecule has 1 aromatic carbocycles. The van der Waals surface area contributed by atoms with Crippen molar-refractivity contribution in [1.29, 1.82) is 0 Å². The van der Waals surface area contributed by atoms with Crippen LogP contribution in [0.15, 0.2) is 30.9 Å². The number of carbonyl (C=O) groups excluding carboxylic acids is 1. The van der Waals surface area contributed by atoms with E-state index >= 15 is 0 Å². The van der Waals surface area contributed by atoms with Gasteiger partial charge in [-0.1, -0.05) is 25.3 Å². The van der Waals surface area contributed by atoms with Crippen LogP contribution in [0.3, 0.4) is 0 Å². The molecule has 0 fully saturated rings. The second kappa shape index (κ2) is 9.71. The Morgan fingerprint density at radius 1 is 1.17 bits per heavy atom. The maximum absolute atomic E-state index is 13.1. The van der Waals surface area contributed by atoms with Crippen LogP contribution in [0.5, 0.6) is 0 Å². The highest BCUT2D eigenvalue weighted by Gasteiger charge is 2.20. The van der Waals surface area contributed by atoms with Crippen molar-refractivity contribution in [2.75, 3.05) is 0 Å². The van der Waals surface area contributed by atoms with E-state index < -0.39 is 29.6 Å². The molecular formula is C17H21F2NO3. The van der Waals surface area contributed by atoms with Gasteiger partial charge in [-0.3, -0.25) is 4.79 Å². The summed E-state index contributed by atoms with van der Waals surface area (Å²) in [5.74, 6) is -4.09. The van der Waals surface area contributed by atoms with E-state index in [9.17, 15) is 18.4 Å². The van der Waals surface area contributed by atoms with E-state index in [-0.39, 0.29) is 5.56 Å². The molecule has 6 heteroatoms. The Bertz CT molecular complexity index is 561. The molecule has 126 valence electrons. The Hall–Kier alpha value is -2.24. The molecule has 4 nitrogen and oxygen atoms in total. The van der Waals surface area contributed by atoms with Crippen molar-refractivity contribution in [3.63, 3.8) is 0 Å². The smallest absolute Gasteiger partial charge is 0.326 e. The highest BCUT2D eigenvalue weighted by Crippen LogP contribution is 2.11. The molecule has 1 amide bonds. The van der Waals surface area contributed by atoms with Gasteiger partial charge >= 0.3 is 5.97 Å². The van der Waals surface area contributed by atoms with Crippen molar-refractivity contribution in [3.8, 4) is 0 Å². The van der Waals surface area contributed by atoms with Crippen LogP contribution in [0, 0.1) is 11.6 Å². The molecule has 1 rings (SSSR count). The molecule has 0 spiro atoms. The van der Waals surface area contributed by atoms with Crippen LogP contribution < -0.4 is 5.32 Å². The average molecular weight is 325 g/mol. The van der Waals surface area contributed by atoms with Crippen LogP contribution in [0.4, 0.5) is 8.78 Å². The summed E-state index contributed by atoms with van der Waals surface area (Å²) in [6, 6.07) is 1.65. The number of allylic oxidation sites excluding steroid dienone is 1. The van der Waals surface area contributed by atoms with Gasteiger partial charge in [0.25, 0.3) is 5.91 Å². The van der Waals surface area contributed by atoms with Gasteiger partial charge in [0, 0.05) is 5.56 Å². The van der Waals surface area contributed by atoms with Gasteiger partial charge in [0.2, 0.25) is 0 Å². The highest BCUT2D eigenvalue weighted by atomic mass is 19.2. The van der Waals surface area contributed by atoms with Gasteiger partial charge in [-0.15, -0.1) is 6.58 Å². The predicted molar refractivity (Wildman–Crippen MR) is 83.1 cm³/mol. The molecule has 0 aliphatic carbocycles. The summed E-state index contributed by atoms with van der Waals surface area (Å²) in [4.78, 5) is 23.1. The predicted octanol–water partition coefficient (Wildman–Crippen LogP) is 3.67. The van der Waals surface area contributed by atoms with Crippen molar-refractivity contribution in [2.24, 2.45) is 0 Å². The standard InChI is InChI=1S/C17H21F2NO3/c1-2-3-4-5-6-7-8-15(17(22)23)20-16(21)12-9-10-13(18)14(19)11-12/h2,9-11,15H,1,3-8H2,(H,20,21)(H,22,23)/t15-/m1/s1. The molecule has 0 aliphatic rings. The maximum Gasteiger partial charge on any atom is 0.326 e. The number of hydrogen-bond acceptors (Lipinski definition) is 2. The van der Waals surface area contributed by atoms with Gasteiger partial charge in [-0.05, 0) is 37.5 Å². The normalized spacial score (nSPS) is 11.7. The zero-order valence-electron chi connectivity index (χ0n) is 12.9. The number of unbranched alkanes of at least 4 members (excludes halogenated alkanes) is 4. The molecule has 0 unspecified atom stereocenters. The summed E-state index contributed by atoms with van der Waals surface area (Å²) < 4.78 is 25.9. The minimum absolute atomic E-state index is 0.110. The van der Waals surface area contributed by atoms with Gasteiger partial charge in [-0.2, -0.15) is 0 Å². The minimum Gasteiger partial charge on any atom is -0.480 e. The monoisotopic (exact) mass is 325 g/mol. The van der Waals surface area contributed by atoms with Crippen molar-refractivity contribution < 1.29 is 23.5 Å². The second-order valence-corrected chi connectivity index (χ2v) is 5.27. The van der Waals surface area contributed by atoms with E-state index in [2.05, 4.69) is 11.9 Å². The largest absolute Gasteiger partial charge is 0.480 e. The van der Waals surface area contributed by atoms with E-state index in [0.29, 0.717) is 12.8 Å². The first kappa shape index (κ1) is 18.8. The number of carboxylic acid groups (broad SMARTS) is 1. The molecule has 0 saturated carbocycles. The molecular weight excluding hydrogens is 304 g/mol. The molecule has 0 saturated heterocycles. The fourth-order valence-electron chi connectivity index (χ4n) is 2.13. The molecule has 0 heterocycles. The van der Waals surface area contributed by atoms with Crippen LogP contribution in [0.1, 0.15) is 48.9 Å². The Kier molecular flexibility index (Phi) is 7.94. The lowest BCUT2D eigenvalue weighted by molar-refractivity contribution is -0.139. The van der Waals surface area contributed by atoms with Crippen LogP contribution in [0.25, 0.3) is 0 Å². The molecule has 0 aromatic heterocycles. The number of amides is 1. The zero-order valence-corrected chi connectivity index (χ0v) is 12.9. The Morgan fingerprint density at radius 2 is 1.87 bits per heavy atom. The first-order valence-corrected chi connectivity index (χ1v) is 7.55. The first-order chi connectivity index (χ1) is 11.0. The third-order valence-electron chi connectivity index (χ3n) is 3.44. The third-order valence-corrected chi connectivity index (χ3v) is 3.44. The summed E-state index contributed by atoms with van der Waals surface area (Å²) in [6.07, 6.45) is 6.54. The third kappa shape index (κ3) is 6.59. The van der Waals surface area contributed by atoms with Crippen molar-refractivity contribution in [3.05, 3.63) is 48.1 Å². The van der Waals surface area contributed by atoms with Crippen molar-refractivity contribution in [2.45, 2.75) is 44.6 Å². The number of halogens is 2. The van der Waals surface area contributed by atoms with Gasteiger partial charge in [0.15, 0.2) is 11.6 Å². The van der Waals surface area contributed by atoms with Crippen LogP contribution in [-0.4, -0.2) is 23.0 Å². The lowest BCUT2D eigenvalue weighted by Gasteiger charge is -2.14.